The molecule has 0 unspecified atom stereocenters. The number of rotatable bonds is 4. The molecule has 2 fully saturated rings. The molecule has 3 heterocycles. The van der Waals surface area contributed by atoms with Gasteiger partial charge in [-0.3, -0.25) is 9.69 Å². The largest absolute Gasteiger partial charge is 0.352 e. The number of nitrogens with zero attached hydrogens (tertiary/aromatic N) is 1. The van der Waals surface area contributed by atoms with Gasteiger partial charge >= 0.3 is 0 Å². The molecule has 0 radical (unpaired) electrons. The van der Waals surface area contributed by atoms with Crippen LogP contribution in [0.4, 0.5) is 0 Å². The molecule has 1 amide bonds. The summed E-state index contributed by atoms with van der Waals surface area (Å²) in [5.74, 6) is 0.187. The maximum absolute atomic E-state index is 12.1. The van der Waals surface area contributed by atoms with Crippen molar-refractivity contribution in [2.24, 2.45) is 0 Å². The first kappa shape index (κ1) is 14.4. The number of hydrogen-bond acceptors (Lipinski definition) is 3. The van der Waals surface area contributed by atoms with Crippen molar-refractivity contribution in [3.63, 3.8) is 0 Å². The van der Waals surface area contributed by atoms with Gasteiger partial charge in [0.15, 0.2) is 0 Å². The summed E-state index contributed by atoms with van der Waals surface area (Å²) < 4.78 is 0.800. The highest BCUT2D eigenvalue weighted by Gasteiger charge is 2.35. The van der Waals surface area contributed by atoms with E-state index in [9.17, 15) is 4.79 Å². The Bertz CT molecular complexity index is 476. The molecule has 0 saturated carbocycles. The highest BCUT2D eigenvalue weighted by atomic mass is 35.5. The monoisotopic (exact) mass is 312 g/mol. The minimum absolute atomic E-state index is 0.187. The standard InChI is InChI=1S/C15H21ClN2OS/c16-14-6-4-11(20-14)5-7-15(19)17-12-8-10-18-9-2-1-3-13(12)18/h4,6,12-13H,1-3,5,7-10H2,(H,17,19)/t12-,13+/m0/s1. The molecule has 1 aromatic heterocycles. The molecule has 1 aromatic rings. The maximum Gasteiger partial charge on any atom is 0.220 e. The van der Waals surface area contributed by atoms with Crippen LogP contribution < -0.4 is 5.32 Å². The highest BCUT2D eigenvalue weighted by molar-refractivity contribution is 7.16. The maximum atomic E-state index is 12.1. The Kier molecular flexibility index (Phi) is 4.64. The van der Waals surface area contributed by atoms with Gasteiger partial charge in [0.2, 0.25) is 5.91 Å². The Balaban J connectivity index is 1.46. The summed E-state index contributed by atoms with van der Waals surface area (Å²) in [5, 5.41) is 3.25. The topological polar surface area (TPSA) is 32.3 Å². The van der Waals surface area contributed by atoms with Gasteiger partial charge in [-0.1, -0.05) is 18.0 Å². The summed E-state index contributed by atoms with van der Waals surface area (Å²) in [6.45, 7) is 2.36. The van der Waals surface area contributed by atoms with Crippen LogP contribution in [0.5, 0.6) is 0 Å². The van der Waals surface area contributed by atoms with Gasteiger partial charge in [-0.05, 0) is 44.4 Å². The molecule has 20 heavy (non-hydrogen) atoms. The molecule has 1 N–H and O–H groups in total. The number of hydrogen-bond donors (Lipinski definition) is 1. The molecule has 5 heteroatoms. The summed E-state index contributed by atoms with van der Waals surface area (Å²) in [4.78, 5) is 15.8. The Labute approximate surface area is 129 Å². The lowest BCUT2D eigenvalue weighted by molar-refractivity contribution is -0.122. The molecule has 0 aliphatic carbocycles. The zero-order valence-electron chi connectivity index (χ0n) is 11.6. The van der Waals surface area contributed by atoms with E-state index in [0.29, 0.717) is 18.5 Å². The fourth-order valence-corrected chi connectivity index (χ4v) is 4.50. The average Bonchev–Trinajstić information content (AvgIpc) is 3.04. The second-order valence-electron chi connectivity index (χ2n) is 5.77. The van der Waals surface area contributed by atoms with Gasteiger partial charge in [-0.2, -0.15) is 0 Å². The summed E-state index contributed by atoms with van der Waals surface area (Å²) in [7, 11) is 0. The van der Waals surface area contributed by atoms with E-state index >= 15 is 0 Å². The van der Waals surface area contributed by atoms with Crippen LogP contribution in [-0.2, 0) is 11.2 Å². The molecule has 0 bridgehead atoms. The van der Waals surface area contributed by atoms with Crippen LogP contribution in [0.25, 0.3) is 0 Å². The average molecular weight is 313 g/mol. The summed E-state index contributed by atoms with van der Waals surface area (Å²) >= 11 is 7.47. The molecule has 3 nitrogen and oxygen atoms in total. The third-order valence-electron chi connectivity index (χ3n) is 4.43. The van der Waals surface area contributed by atoms with Crippen molar-refractivity contribution >= 4 is 28.8 Å². The lowest BCUT2D eigenvalue weighted by atomic mass is 9.99. The first-order chi connectivity index (χ1) is 9.72. The van der Waals surface area contributed by atoms with E-state index in [4.69, 9.17) is 11.6 Å². The number of carbonyl (C=O) groups is 1. The van der Waals surface area contributed by atoms with Crippen molar-refractivity contribution in [1.82, 2.24) is 10.2 Å². The predicted octanol–water partition coefficient (Wildman–Crippen LogP) is 3.08. The van der Waals surface area contributed by atoms with Crippen molar-refractivity contribution in [3.05, 3.63) is 21.3 Å². The lowest BCUT2D eigenvalue weighted by Crippen LogP contribution is -2.46. The van der Waals surface area contributed by atoms with E-state index < -0.39 is 0 Å². The molecule has 0 spiro atoms. The van der Waals surface area contributed by atoms with E-state index in [1.807, 2.05) is 12.1 Å². The number of piperidine rings is 1. The molecule has 2 aliphatic rings. The van der Waals surface area contributed by atoms with Crippen molar-refractivity contribution in [3.8, 4) is 0 Å². The second-order valence-corrected chi connectivity index (χ2v) is 7.57. The van der Waals surface area contributed by atoms with E-state index in [0.717, 1.165) is 23.7 Å². The molecule has 3 rings (SSSR count). The summed E-state index contributed by atoms with van der Waals surface area (Å²) in [6.07, 6.45) is 6.34. The molecule has 2 aliphatic heterocycles. The normalized spacial score (nSPS) is 26.4. The van der Waals surface area contributed by atoms with E-state index in [1.165, 1.54) is 30.7 Å². The number of amides is 1. The SMILES string of the molecule is O=C(CCc1ccc(Cl)s1)N[C@H]1CCN2CCCC[C@H]12. The van der Waals surface area contributed by atoms with Gasteiger partial charge < -0.3 is 5.32 Å². The highest BCUT2D eigenvalue weighted by Crippen LogP contribution is 2.27. The van der Waals surface area contributed by atoms with Crippen LogP contribution in [0.3, 0.4) is 0 Å². The van der Waals surface area contributed by atoms with Crippen LogP contribution in [0, 0.1) is 0 Å². The Hall–Kier alpha value is -0.580. The predicted molar refractivity (Wildman–Crippen MR) is 83.4 cm³/mol. The van der Waals surface area contributed by atoms with Crippen LogP contribution in [0.1, 0.15) is 37.0 Å². The lowest BCUT2D eigenvalue weighted by Gasteiger charge is -2.32. The molecule has 2 saturated heterocycles. The van der Waals surface area contributed by atoms with Gasteiger partial charge in [-0.15, -0.1) is 11.3 Å². The van der Waals surface area contributed by atoms with Crippen LogP contribution in [-0.4, -0.2) is 36.0 Å². The number of halogens is 1. The van der Waals surface area contributed by atoms with Crippen LogP contribution in [0.15, 0.2) is 12.1 Å². The summed E-state index contributed by atoms with van der Waals surface area (Å²) in [6, 6.07) is 4.87. The number of carbonyl (C=O) groups excluding carboxylic acids is 1. The Morgan fingerprint density at radius 1 is 1.35 bits per heavy atom. The molecular weight excluding hydrogens is 292 g/mol. The zero-order chi connectivity index (χ0) is 13.9. The van der Waals surface area contributed by atoms with Crippen molar-refractivity contribution in [2.75, 3.05) is 13.1 Å². The smallest absolute Gasteiger partial charge is 0.220 e. The Morgan fingerprint density at radius 3 is 3.05 bits per heavy atom. The second kappa shape index (κ2) is 6.46. The minimum atomic E-state index is 0.187. The first-order valence-corrected chi connectivity index (χ1v) is 8.69. The minimum Gasteiger partial charge on any atom is -0.352 e. The molecular formula is C15H21ClN2OS. The van der Waals surface area contributed by atoms with E-state index in [2.05, 4.69) is 10.2 Å². The Morgan fingerprint density at radius 2 is 2.25 bits per heavy atom. The van der Waals surface area contributed by atoms with Crippen LogP contribution >= 0.6 is 22.9 Å². The number of nitrogens with one attached hydrogen (secondary N) is 1. The fourth-order valence-electron chi connectivity index (χ4n) is 3.42. The van der Waals surface area contributed by atoms with Gasteiger partial charge in [0, 0.05) is 29.9 Å². The van der Waals surface area contributed by atoms with Gasteiger partial charge in [0.25, 0.3) is 0 Å². The number of thiophene rings is 1. The van der Waals surface area contributed by atoms with E-state index in [1.54, 1.807) is 11.3 Å². The van der Waals surface area contributed by atoms with Crippen molar-refractivity contribution < 1.29 is 4.79 Å². The van der Waals surface area contributed by atoms with Gasteiger partial charge in [0.05, 0.1) is 4.34 Å². The fraction of sp³-hybridized carbons (Fsp3) is 0.667. The van der Waals surface area contributed by atoms with Gasteiger partial charge in [0.1, 0.15) is 0 Å². The van der Waals surface area contributed by atoms with Crippen LogP contribution in [0.2, 0.25) is 4.34 Å². The third kappa shape index (κ3) is 3.35. The molecule has 110 valence electrons. The quantitative estimate of drug-likeness (QED) is 0.926. The molecule has 0 aromatic carbocycles. The van der Waals surface area contributed by atoms with Gasteiger partial charge in [-0.25, -0.2) is 0 Å². The molecule has 2 atom stereocenters. The third-order valence-corrected chi connectivity index (χ3v) is 5.72. The zero-order valence-corrected chi connectivity index (χ0v) is 13.2. The van der Waals surface area contributed by atoms with Crippen molar-refractivity contribution in [2.45, 2.75) is 50.6 Å². The first-order valence-electron chi connectivity index (χ1n) is 7.50. The van der Waals surface area contributed by atoms with E-state index in [-0.39, 0.29) is 5.91 Å². The van der Waals surface area contributed by atoms with Crippen molar-refractivity contribution in [1.29, 1.82) is 0 Å². The number of aryl methyl sites for hydroxylation is 1. The number of fused-ring (bicyclic) bond motifs is 1. The summed E-state index contributed by atoms with van der Waals surface area (Å²) in [5.41, 5.74) is 0.